The van der Waals surface area contributed by atoms with Crippen molar-refractivity contribution >= 4 is 11.6 Å². The summed E-state index contributed by atoms with van der Waals surface area (Å²) in [7, 11) is 1.45. The lowest BCUT2D eigenvalue weighted by Gasteiger charge is -2.31. The van der Waals surface area contributed by atoms with Crippen molar-refractivity contribution < 1.29 is 14.3 Å². The molecule has 6 heteroatoms. The van der Waals surface area contributed by atoms with Gasteiger partial charge in [-0.25, -0.2) is 4.68 Å². The van der Waals surface area contributed by atoms with E-state index < -0.39 is 17.5 Å². The van der Waals surface area contributed by atoms with Crippen LogP contribution in [0.5, 0.6) is 0 Å². The third-order valence-electron chi connectivity index (χ3n) is 4.39. The molecule has 0 radical (unpaired) electrons. The van der Waals surface area contributed by atoms with Gasteiger partial charge in [0.15, 0.2) is 0 Å². The maximum Gasteiger partial charge on any atom is 0.262 e. The molecule has 1 aromatic carbocycles. The summed E-state index contributed by atoms with van der Waals surface area (Å²) in [6.45, 7) is 7.57. The monoisotopic (exact) mass is 347 g/mol. The molecule has 0 bridgehead atoms. The average molecular weight is 347 g/mol. The molecule has 5 nitrogen and oxygen atoms in total. The van der Waals surface area contributed by atoms with Crippen molar-refractivity contribution in [2.24, 2.45) is 13.0 Å². The van der Waals surface area contributed by atoms with Gasteiger partial charge in [0.2, 0.25) is 5.95 Å². The summed E-state index contributed by atoms with van der Waals surface area (Å²) in [5.74, 6) is -0.967. The van der Waals surface area contributed by atoms with Gasteiger partial charge in [0.25, 0.3) is 5.91 Å². The normalized spacial score (nSPS) is 13.8. The van der Waals surface area contributed by atoms with Crippen molar-refractivity contribution in [2.45, 2.75) is 46.1 Å². The lowest BCUT2D eigenvalue weighted by Crippen LogP contribution is -2.29. The molecule has 0 aliphatic carbocycles. The van der Waals surface area contributed by atoms with Gasteiger partial charge in [-0.2, -0.15) is 9.49 Å². The number of carbonyl (C=O) groups excluding carboxylic acids is 1. The summed E-state index contributed by atoms with van der Waals surface area (Å²) >= 11 is 0. The zero-order chi connectivity index (χ0) is 18.8. The number of anilines is 1. The molecule has 1 unspecified atom stereocenters. The minimum Gasteiger partial charge on any atom is -0.385 e. The first kappa shape index (κ1) is 19.1. The van der Waals surface area contributed by atoms with Gasteiger partial charge in [-0.15, -0.1) is 0 Å². The molecule has 0 aliphatic heterocycles. The molecule has 2 aromatic rings. The minimum atomic E-state index is -1.05. The van der Waals surface area contributed by atoms with Crippen molar-refractivity contribution in [3.05, 3.63) is 47.0 Å². The minimum absolute atomic E-state index is 0.0822. The van der Waals surface area contributed by atoms with E-state index in [4.69, 9.17) is 0 Å². The van der Waals surface area contributed by atoms with E-state index in [-0.39, 0.29) is 11.5 Å². The van der Waals surface area contributed by atoms with Gasteiger partial charge in [0.1, 0.15) is 5.56 Å². The summed E-state index contributed by atoms with van der Waals surface area (Å²) < 4.78 is 15.2. The number of nitrogens with zero attached hydrogens (tertiary/aromatic N) is 2. The number of rotatable bonds is 6. The van der Waals surface area contributed by atoms with Crippen LogP contribution < -0.4 is 5.32 Å². The number of para-hydroxylation sites is 1. The first-order chi connectivity index (χ1) is 11.7. The zero-order valence-electron chi connectivity index (χ0n) is 15.4. The summed E-state index contributed by atoms with van der Waals surface area (Å²) in [4.78, 5) is 12.6. The van der Waals surface area contributed by atoms with Crippen LogP contribution in [0.4, 0.5) is 10.1 Å². The number of hydrogen-bond acceptors (Lipinski definition) is 3. The average Bonchev–Trinajstić information content (AvgIpc) is 2.79. The zero-order valence-corrected chi connectivity index (χ0v) is 15.4. The van der Waals surface area contributed by atoms with Crippen molar-refractivity contribution in [2.75, 3.05) is 5.32 Å². The Morgan fingerprint density at radius 1 is 1.40 bits per heavy atom. The van der Waals surface area contributed by atoms with Crippen molar-refractivity contribution in [3.63, 3.8) is 0 Å². The molecule has 25 heavy (non-hydrogen) atoms. The van der Waals surface area contributed by atoms with Gasteiger partial charge in [-0.3, -0.25) is 4.79 Å². The van der Waals surface area contributed by atoms with Gasteiger partial charge >= 0.3 is 0 Å². The number of halogens is 1. The molecule has 1 aromatic heterocycles. The van der Waals surface area contributed by atoms with Crippen molar-refractivity contribution in [1.82, 2.24) is 9.78 Å². The van der Waals surface area contributed by atoms with Crippen LogP contribution in [0, 0.1) is 18.8 Å². The number of carbonyl (C=O) groups is 1. The van der Waals surface area contributed by atoms with Crippen LogP contribution >= 0.6 is 0 Å². The molecule has 2 rings (SSSR count). The highest BCUT2D eigenvalue weighted by Crippen LogP contribution is 2.36. The lowest BCUT2D eigenvalue weighted by atomic mass is 9.82. The predicted octanol–water partition coefficient (Wildman–Crippen LogP) is 3.76. The van der Waals surface area contributed by atoms with Crippen molar-refractivity contribution in [1.29, 1.82) is 0 Å². The van der Waals surface area contributed by atoms with E-state index in [1.54, 1.807) is 25.1 Å². The predicted molar refractivity (Wildman–Crippen MR) is 95.9 cm³/mol. The molecule has 0 saturated heterocycles. The number of amides is 1. The van der Waals surface area contributed by atoms with Gasteiger partial charge in [-0.1, -0.05) is 39.0 Å². The summed E-state index contributed by atoms with van der Waals surface area (Å²) in [6.07, 6.45) is 1.08. The summed E-state index contributed by atoms with van der Waals surface area (Å²) in [6, 6.07) is 7.12. The van der Waals surface area contributed by atoms with E-state index in [0.29, 0.717) is 29.8 Å². The van der Waals surface area contributed by atoms with Gasteiger partial charge in [-0.05, 0) is 31.7 Å². The van der Waals surface area contributed by atoms with Crippen LogP contribution in [0.3, 0.4) is 0 Å². The largest absolute Gasteiger partial charge is 0.385 e. The number of aryl methyl sites for hydroxylation is 2. The van der Waals surface area contributed by atoms with Gasteiger partial charge in [0, 0.05) is 18.3 Å². The van der Waals surface area contributed by atoms with Crippen LogP contribution in [0.1, 0.15) is 55.2 Å². The third-order valence-corrected chi connectivity index (χ3v) is 4.39. The van der Waals surface area contributed by atoms with E-state index in [1.807, 2.05) is 26.8 Å². The number of aromatic nitrogens is 2. The summed E-state index contributed by atoms with van der Waals surface area (Å²) in [5.41, 5.74) is 0.311. The van der Waals surface area contributed by atoms with Gasteiger partial charge in [0.05, 0.1) is 11.3 Å². The smallest absolute Gasteiger partial charge is 0.262 e. The lowest BCUT2D eigenvalue weighted by molar-refractivity contribution is 0.0120. The maximum atomic E-state index is 14.1. The first-order valence-corrected chi connectivity index (χ1v) is 8.52. The van der Waals surface area contributed by atoms with E-state index in [9.17, 15) is 14.3 Å². The molecular formula is C19H26FN3O2. The van der Waals surface area contributed by atoms with E-state index in [0.717, 1.165) is 4.68 Å². The SMILES string of the molecule is CCC(O)(CC(C)C)c1ccccc1NC(=O)c1c(C)nn(C)c1F. The van der Waals surface area contributed by atoms with Gasteiger partial charge < -0.3 is 10.4 Å². The Kier molecular flexibility index (Phi) is 5.62. The quantitative estimate of drug-likeness (QED) is 0.836. The highest BCUT2D eigenvalue weighted by Gasteiger charge is 2.31. The Balaban J connectivity index is 2.39. The fraction of sp³-hybridized carbons (Fsp3) is 0.474. The fourth-order valence-corrected chi connectivity index (χ4v) is 3.19. The maximum absolute atomic E-state index is 14.1. The second-order valence-corrected chi connectivity index (χ2v) is 6.86. The second-order valence-electron chi connectivity index (χ2n) is 6.86. The molecule has 2 N–H and O–H groups in total. The van der Waals surface area contributed by atoms with Crippen LogP contribution in [0.2, 0.25) is 0 Å². The third kappa shape index (κ3) is 3.90. The Hall–Kier alpha value is -2.21. The number of hydrogen-bond donors (Lipinski definition) is 2. The highest BCUT2D eigenvalue weighted by atomic mass is 19.1. The number of nitrogens with one attached hydrogen (secondary N) is 1. The second kappa shape index (κ2) is 7.35. The van der Waals surface area contributed by atoms with Crippen LogP contribution in [-0.4, -0.2) is 20.8 Å². The molecule has 0 spiro atoms. The highest BCUT2D eigenvalue weighted by molar-refractivity contribution is 6.05. The van der Waals surface area contributed by atoms with E-state index >= 15 is 0 Å². The van der Waals surface area contributed by atoms with E-state index in [1.165, 1.54) is 7.05 Å². The molecule has 1 atom stereocenters. The molecule has 0 saturated carbocycles. The van der Waals surface area contributed by atoms with Crippen molar-refractivity contribution in [3.8, 4) is 0 Å². The Morgan fingerprint density at radius 3 is 2.56 bits per heavy atom. The Labute approximate surface area is 147 Å². The molecule has 0 fully saturated rings. The number of aliphatic hydroxyl groups is 1. The van der Waals surface area contributed by atoms with Crippen LogP contribution in [0.15, 0.2) is 24.3 Å². The molecule has 0 aliphatic rings. The Bertz CT molecular complexity index is 770. The first-order valence-electron chi connectivity index (χ1n) is 8.52. The topological polar surface area (TPSA) is 67.2 Å². The summed E-state index contributed by atoms with van der Waals surface area (Å²) in [5, 5.41) is 17.8. The van der Waals surface area contributed by atoms with Crippen LogP contribution in [0.25, 0.3) is 0 Å². The molecule has 136 valence electrons. The molecule has 1 amide bonds. The molecular weight excluding hydrogens is 321 g/mol. The number of benzene rings is 1. The fourth-order valence-electron chi connectivity index (χ4n) is 3.19. The molecule has 1 heterocycles. The Morgan fingerprint density at radius 2 is 2.04 bits per heavy atom. The standard InChI is InChI=1S/C19H26FN3O2/c1-6-19(25,11-12(2)3)14-9-7-8-10-15(14)21-18(24)16-13(4)22-23(5)17(16)20/h7-10,12,25H,6,11H2,1-5H3,(H,21,24). The van der Waals surface area contributed by atoms with Crippen LogP contribution in [-0.2, 0) is 12.6 Å². The van der Waals surface area contributed by atoms with E-state index in [2.05, 4.69) is 10.4 Å².